The van der Waals surface area contributed by atoms with Crippen molar-refractivity contribution < 1.29 is 27.8 Å². The van der Waals surface area contributed by atoms with Crippen LogP contribution in [0.1, 0.15) is 18.9 Å². The maximum atomic E-state index is 12.8. The fraction of sp³-hybridized carbons (Fsp3) is 0.364. The van der Waals surface area contributed by atoms with Gasteiger partial charge in [-0.25, -0.2) is 4.79 Å². The van der Waals surface area contributed by atoms with Crippen molar-refractivity contribution in [1.82, 2.24) is 0 Å². The van der Waals surface area contributed by atoms with Crippen molar-refractivity contribution in [3.63, 3.8) is 0 Å². The lowest BCUT2D eigenvalue weighted by atomic mass is 10.1. The first-order valence-electron chi connectivity index (χ1n) is 5.39. The monoisotopic (exact) mass is 278 g/mol. The second-order valence-electron chi connectivity index (χ2n) is 3.71. The molecule has 0 radical (unpaired) electrons. The van der Waals surface area contributed by atoms with Crippen LogP contribution in [0.25, 0.3) is 0 Å². The first-order valence-corrected chi connectivity index (χ1v) is 5.39. The molecular formula is C11H13F3N2O3. The Hall–Kier alpha value is -2.12. The smallest absolute Gasteiger partial charge is 0.420 e. The summed E-state index contributed by atoms with van der Waals surface area (Å²) in [6, 6.07) is 1.58. The van der Waals surface area contributed by atoms with Crippen LogP contribution in [0.15, 0.2) is 12.1 Å². The zero-order chi connectivity index (χ0) is 14.6. The number of nitrogens with two attached hydrogens (primary N) is 1. The van der Waals surface area contributed by atoms with E-state index in [4.69, 9.17) is 15.6 Å². The average molecular weight is 278 g/mol. The van der Waals surface area contributed by atoms with Crippen LogP contribution in [0.5, 0.6) is 5.75 Å². The van der Waals surface area contributed by atoms with E-state index >= 15 is 0 Å². The van der Waals surface area contributed by atoms with Crippen molar-refractivity contribution in [2.24, 2.45) is 0 Å². The Labute approximate surface area is 107 Å². The number of rotatable bonds is 4. The van der Waals surface area contributed by atoms with Crippen molar-refractivity contribution in [2.75, 3.05) is 17.7 Å². The van der Waals surface area contributed by atoms with E-state index in [2.05, 4.69) is 0 Å². The number of halogens is 3. The van der Waals surface area contributed by atoms with Gasteiger partial charge < -0.3 is 15.6 Å². The van der Waals surface area contributed by atoms with Gasteiger partial charge in [0.05, 0.1) is 23.5 Å². The number of amides is 1. The van der Waals surface area contributed by atoms with Crippen LogP contribution < -0.4 is 15.8 Å². The lowest BCUT2D eigenvalue weighted by molar-refractivity contribution is -0.138. The number of alkyl halides is 3. The largest absolute Gasteiger partial charge is 0.493 e. The molecule has 0 aliphatic rings. The number of nitrogen functional groups attached to an aromatic ring is 1. The SMILES string of the molecule is CCCOc1cc(NC(=O)O)c(N)cc1C(F)(F)F. The van der Waals surface area contributed by atoms with Crippen molar-refractivity contribution in [3.8, 4) is 5.75 Å². The highest BCUT2D eigenvalue weighted by atomic mass is 19.4. The minimum Gasteiger partial charge on any atom is -0.493 e. The molecule has 0 saturated heterocycles. The molecule has 0 aromatic heterocycles. The molecule has 4 N–H and O–H groups in total. The van der Waals surface area contributed by atoms with E-state index in [1.54, 1.807) is 6.92 Å². The van der Waals surface area contributed by atoms with Gasteiger partial charge in [-0.2, -0.15) is 13.2 Å². The molecule has 5 nitrogen and oxygen atoms in total. The fourth-order valence-electron chi connectivity index (χ4n) is 1.37. The number of nitrogens with one attached hydrogen (secondary N) is 1. The Morgan fingerprint density at radius 3 is 2.58 bits per heavy atom. The molecule has 0 aliphatic carbocycles. The van der Waals surface area contributed by atoms with E-state index in [0.717, 1.165) is 6.07 Å². The average Bonchev–Trinajstić information content (AvgIpc) is 2.27. The third kappa shape index (κ3) is 3.94. The maximum absolute atomic E-state index is 12.8. The summed E-state index contributed by atoms with van der Waals surface area (Å²) in [5.74, 6) is -0.452. The van der Waals surface area contributed by atoms with Gasteiger partial charge in [0.1, 0.15) is 5.75 Å². The molecule has 0 spiro atoms. The molecule has 0 unspecified atom stereocenters. The third-order valence-electron chi connectivity index (χ3n) is 2.16. The standard InChI is InChI=1S/C11H13F3N2O3/c1-2-3-19-9-5-8(16-10(17)18)7(15)4-6(9)11(12,13)14/h4-5,16H,2-3,15H2,1H3,(H,17,18). The Bertz CT molecular complexity index is 475. The number of hydrogen-bond donors (Lipinski definition) is 3. The number of benzene rings is 1. The van der Waals surface area contributed by atoms with E-state index in [9.17, 15) is 18.0 Å². The molecule has 1 aromatic carbocycles. The highest BCUT2D eigenvalue weighted by molar-refractivity contribution is 5.88. The van der Waals surface area contributed by atoms with Crippen LogP contribution in [0.3, 0.4) is 0 Å². The molecule has 0 fully saturated rings. The van der Waals surface area contributed by atoms with Crippen LogP contribution in [0, 0.1) is 0 Å². The van der Waals surface area contributed by atoms with Crippen LogP contribution in [-0.4, -0.2) is 17.8 Å². The van der Waals surface area contributed by atoms with E-state index in [-0.39, 0.29) is 18.0 Å². The zero-order valence-electron chi connectivity index (χ0n) is 10.0. The highest BCUT2D eigenvalue weighted by Gasteiger charge is 2.35. The third-order valence-corrected chi connectivity index (χ3v) is 2.16. The summed E-state index contributed by atoms with van der Waals surface area (Å²) in [6.07, 6.45) is -5.53. The summed E-state index contributed by atoms with van der Waals surface area (Å²) in [5, 5.41) is 10.5. The van der Waals surface area contributed by atoms with Gasteiger partial charge in [-0.1, -0.05) is 6.92 Å². The minimum atomic E-state index is -4.63. The Morgan fingerprint density at radius 1 is 1.47 bits per heavy atom. The van der Waals surface area contributed by atoms with Crippen LogP contribution >= 0.6 is 0 Å². The molecule has 8 heteroatoms. The van der Waals surface area contributed by atoms with E-state index in [0.29, 0.717) is 12.5 Å². The summed E-state index contributed by atoms with van der Waals surface area (Å²) in [6.45, 7) is 1.82. The van der Waals surface area contributed by atoms with Crippen molar-refractivity contribution in [3.05, 3.63) is 17.7 Å². The maximum Gasteiger partial charge on any atom is 0.420 e. The van der Waals surface area contributed by atoms with Crippen LogP contribution in [0.2, 0.25) is 0 Å². The van der Waals surface area contributed by atoms with Crippen molar-refractivity contribution in [1.29, 1.82) is 0 Å². The Kier molecular flexibility index (Phi) is 4.47. The van der Waals surface area contributed by atoms with Gasteiger partial charge in [-0.05, 0) is 12.5 Å². The summed E-state index contributed by atoms with van der Waals surface area (Å²) < 4.78 is 43.3. The van der Waals surface area contributed by atoms with E-state index < -0.39 is 23.6 Å². The molecule has 1 amide bonds. The minimum absolute atomic E-state index is 0.0828. The first kappa shape index (κ1) is 14.9. The lowest BCUT2D eigenvalue weighted by Gasteiger charge is -2.16. The van der Waals surface area contributed by atoms with Gasteiger partial charge in [0.25, 0.3) is 0 Å². The quantitative estimate of drug-likeness (QED) is 0.738. The van der Waals surface area contributed by atoms with Crippen molar-refractivity contribution >= 4 is 17.5 Å². The summed E-state index contributed by atoms with van der Waals surface area (Å²) in [7, 11) is 0. The summed E-state index contributed by atoms with van der Waals surface area (Å²) >= 11 is 0. The topological polar surface area (TPSA) is 84.6 Å². The van der Waals surface area contributed by atoms with Gasteiger partial charge in [-0.3, -0.25) is 5.32 Å². The number of carboxylic acid groups (broad SMARTS) is 1. The van der Waals surface area contributed by atoms with Crippen LogP contribution in [-0.2, 0) is 6.18 Å². The van der Waals surface area contributed by atoms with Gasteiger partial charge >= 0.3 is 12.3 Å². The number of hydrogen-bond acceptors (Lipinski definition) is 3. The van der Waals surface area contributed by atoms with Gasteiger partial charge in [0.2, 0.25) is 0 Å². The first-order chi connectivity index (χ1) is 8.75. The predicted molar refractivity (Wildman–Crippen MR) is 63.3 cm³/mol. The molecule has 0 bridgehead atoms. The van der Waals surface area contributed by atoms with Crippen LogP contribution in [0.4, 0.5) is 29.3 Å². The second-order valence-corrected chi connectivity index (χ2v) is 3.71. The zero-order valence-corrected chi connectivity index (χ0v) is 10.0. The summed E-state index contributed by atoms with van der Waals surface area (Å²) in [4.78, 5) is 10.5. The van der Waals surface area contributed by atoms with Gasteiger partial charge in [-0.15, -0.1) is 0 Å². The molecule has 1 aromatic rings. The number of anilines is 2. The predicted octanol–water partition coefficient (Wildman–Crippen LogP) is 3.17. The van der Waals surface area contributed by atoms with E-state index in [1.165, 1.54) is 0 Å². The highest BCUT2D eigenvalue weighted by Crippen LogP contribution is 2.40. The molecule has 19 heavy (non-hydrogen) atoms. The van der Waals surface area contributed by atoms with E-state index in [1.807, 2.05) is 5.32 Å². The molecule has 0 saturated carbocycles. The molecular weight excluding hydrogens is 265 g/mol. The molecule has 0 aliphatic heterocycles. The number of ether oxygens (including phenoxy) is 1. The molecule has 0 atom stereocenters. The summed E-state index contributed by atoms with van der Waals surface area (Å²) in [5.41, 5.74) is 3.88. The molecule has 1 rings (SSSR count). The van der Waals surface area contributed by atoms with Gasteiger partial charge in [0.15, 0.2) is 0 Å². The Balaban J connectivity index is 3.24. The second kappa shape index (κ2) is 5.68. The number of carbonyl (C=O) groups is 1. The van der Waals surface area contributed by atoms with Gasteiger partial charge in [0, 0.05) is 6.07 Å². The Morgan fingerprint density at radius 2 is 2.11 bits per heavy atom. The molecule has 106 valence electrons. The fourth-order valence-corrected chi connectivity index (χ4v) is 1.37. The molecule has 0 heterocycles. The van der Waals surface area contributed by atoms with Crippen molar-refractivity contribution in [2.45, 2.75) is 19.5 Å². The normalized spacial score (nSPS) is 11.2. The lowest BCUT2D eigenvalue weighted by Crippen LogP contribution is -2.14.